The Morgan fingerprint density at radius 1 is 1.26 bits per heavy atom. The van der Waals surface area contributed by atoms with Gasteiger partial charge in [-0.05, 0) is 30.5 Å². The van der Waals surface area contributed by atoms with Crippen molar-refractivity contribution in [2.75, 3.05) is 0 Å². The van der Waals surface area contributed by atoms with Gasteiger partial charge in [-0.15, -0.1) is 11.3 Å². The van der Waals surface area contributed by atoms with Crippen molar-refractivity contribution in [3.8, 4) is 0 Å². The number of fused-ring (bicyclic) bond motifs is 1. The first-order valence-electron chi connectivity index (χ1n) is 6.24. The number of aromatic nitrogens is 2. The molecule has 0 radical (unpaired) electrons. The molecule has 2 heterocycles. The highest BCUT2D eigenvalue weighted by molar-refractivity contribution is 7.12. The lowest BCUT2D eigenvalue weighted by molar-refractivity contribution is 0.0981. The summed E-state index contributed by atoms with van der Waals surface area (Å²) >= 11 is 1.50. The summed E-state index contributed by atoms with van der Waals surface area (Å²) < 4.78 is 2.11. The minimum Gasteiger partial charge on any atom is -0.328 e. The van der Waals surface area contributed by atoms with Crippen molar-refractivity contribution in [2.45, 2.75) is 19.9 Å². The first-order valence-corrected chi connectivity index (χ1v) is 7.12. The Labute approximate surface area is 115 Å². The van der Waals surface area contributed by atoms with Gasteiger partial charge >= 0.3 is 0 Å². The van der Waals surface area contributed by atoms with Crippen molar-refractivity contribution < 1.29 is 4.79 Å². The highest BCUT2D eigenvalue weighted by Crippen LogP contribution is 2.17. The van der Waals surface area contributed by atoms with Crippen molar-refractivity contribution in [3.63, 3.8) is 0 Å². The molecule has 0 fully saturated rings. The van der Waals surface area contributed by atoms with Gasteiger partial charge in [-0.2, -0.15) is 0 Å². The summed E-state index contributed by atoms with van der Waals surface area (Å²) in [6.07, 6.45) is 0.516. The zero-order valence-corrected chi connectivity index (χ0v) is 11.5. The number of rotatable bonds is 4. The van der Waals surface area contributed by atoms with Gasteiger partial charge in [0.2, 0.25) is 0 Å². The average molecular weight is 270 g/mol. The molecular formula is C15H14N2OS. The molecule has 0 amide bonds. The molecule has 4 heteroatoms. The second-order valence-electron chi connectivity index (χ2n) is 4.45. The number of carbonyl (C=O) groups excluding carboxylic acids is 1. The first kappa shape index (κ1) is 12.1. The molecule has 0 aliphatic carbocycles. The minimum absolute atomic E-state index is 0.201. The van der Waals surface area contributed by atoms with E-state index in [9.17, 15) is 4.79 Å². The maximum absolute atomic E-state index is 12.0. The molecule has 0 spiro atoms. The van der Waals surface area contributed by atoms with Gasteiger partial charge in [0.15, 0.2) is 5.78 Å². The maximum Gasteiger partial charge on any atom is 0.174 e. The number of aryl methyl sites for hydroxylation is 2. The van der Waals surface area contributed by atoms with E-state index in [-0.39, 0.29) is 5.78 Å². The van der Waals surface area contributed by atoms with Crippen LogP contribution in [0.1, 0.15) is 21.9 Å². The van der Waals surface area contributed by atoms with E-state index in [2.05, 4.69) is 9.55 Å². The highest BCUT2D eigenvalue weighted by atomic mass is 32.1. The second-order valence-corrected chi connectivity index (χ2v) is 5.40. The van der Waals surface area contributed by atoms with Gasteiger partial charge < -0.3 is 4.57 Å². The fourth-order valence-corrected chi connectivity index (χ4v) is 2.95. The number of para-hydroxylation sites is 2. The zero-order chi connectivity index (χ0) is 13.2. The van der Waals surface area contributed by atoms with Crippen molar-refractivity contribution in [2.24, 2.45) is 0 Å². The van der Waals surface area contributed by atoms with Gasteiger partial charge in [-0.3, -0.25) is 4.79 Å². The Bertz CT molecular complexity index is 713. The van der Waals surface area contributed by atoms with Crippen molar-refractivity contribution in [3.05, 3.63) is 52.5 Å². The van der Waals surface area contributed by atoms with E-state index >= 15 is 0 Å². The summed E-state index contributed by atoms with van der Waals surface area (Å²) in [4.78, 5) is 17.4. The quantitative estimate of drug-likeness (QED) is 0.678. The van der Waals surface area contributed by atoms with E-state index in [1.807, 2.05) is 48.7 Å². The molecule has 0 aliphatic heterocycles. The Balaban J connectivity index is 1.82. The van der Waals surface area contributed by atoms with Crippen molar-refractivity contribution >= 4 is 28.2 Å². The predicted molar refractivity (Wildman–Crippen MR) is 77.7 cm³/mol. The van der Waals surface area contributed by atoms with Gasteiger partial charge in [-0.25, -0.2) is 4.98 Å². The number of Topliss-reactive ketones (excluding diaryl/α,β-unsaturated/α-hetero) is 1. The molecule has 19 heavy (non-hydrogen) atoms. The van der Waals surface area contributed by atoms with Crippen LogP contribution in [0.25, 0.3) is 11.0 Å². The standard InChI is InChI=1S/C15H14N2OS/c1-11-16-12-5-2-3-6-13(12)17(11)9-8-14(18)15-7-4-10-19-15/h2-7,10H,8-9H2,1H3. The number of carbonyl (C=O) groups is 1. The van der Waals surface area contributed by atoms with Crippen LogP contribution in [-0.4, -0.2) is 15.3 Å². The molecule has 3 nitrogen and oxygen atoms in total. The number of ketones is 1. The van der Waals surface area contributed by atoms with Crippen LogP contribution in [0.3, 0.4) is 0 Å². The minimum atomic E-state index is 0.201. The SMILES string of the molecule is Cc1nc2ccccc2n1CCC(=O)c1cccs1. The molecule has 0 saturated heterocycles. The van der Waals surface area contributed by atoms with E-state index < -0.39 is 0 Å². The van der Waals surface area contributed by atoms with Crippen molar-refractivity contribution in [1.82, 2.24) is 9.55 Å². The summed E-state index contributed by atoms with van der Waals surface area (Å²) in [6, 6.07) is 11.8. The third kappa shape index (κ3) is 2.31. The largest absolute Gasteiger partial charge is 0.328 e. The average Bonchev–Trinajstić information content (AvgIpc) is 3.03. The number of hydrogen-bond acceptors (Lipinski definition) is 3. The molecule has 3 rings (SSSR count). The van der Waals surface area contributed by atoms with Crippen LogP contribution in [0, 0.1) is 6.92 Å². The molecule has 3 aromatic rings. The Hall–Kier alpha value is -1.94. The van der Waals surface area contributed by atoms with Gasteiger partial charge in [-0.1, -0.05) is 18.2 Å². The number of thiophene rings is 1. The summed E-state index contributed by atoms with van der Waals surface area (Å²) in [5.41, 5.74) is 2.09. The summed E-state index contributed by atoms with van der Waals surface area (Å²) in [5.74, 6) is 1.16. The predicted octanol–water partition coefficient (Wildman–Crippen LogP) is 3.68. The molecule has 1 aromatic carbocycles. The van der Waals surface area contributed by atoms with Crippen LogP contribution >= 0.6 is 11.3 Å². The third-order valence-corrected chi connectivity index (χ3v) is 4.11. The van der Waals surface area contributed by atoms with Crippen LogP contribution in [0.4, 0.5) is 0 Å². The van der Waals surface area contributed by atoms with Crippen LogP contribution in [0.5, 0.6) is 0 Å². The fourth-order valence-electron chi connectivity index (χ4n) is 2.25. The van der Waals surface area contributed by atoms with Gasteiger partial charge in [0.1, 0.15) is 5.82 Å². The van der Waals surface area contributed by atoms with Gasteiger partial charge in [0, 0.05) is 13.0 Å². The summed E-state index contributed by atoms with van der Waals surface area (Å²) in [7, 11) is 0. The van der Waals surface area contributed by atoms with E-state index in [0.717, 1.165) is 21.7 Å². The monoisotopic (exact) mass is 270 g/mol. The van der Waals surface area contributed by atoms with Crippen LogP contribution in [0.15, 0.2) is 41.8 Å². The lowest BCUT2D eigenvalue weighted by Crippen LogP contribution is -2.06. The van der Waals surface area contributed by atoms with E-state index in [0.29, 0.717) is 13.0 Å². The fraction of sp³-hybridized carbons (Fsp3) is 0.200. The molecule has 0 atom stereocenters. The number of imidazole rings is 1. The lowest BCUT2D eigenvalue weighted by atomic mass is 10.2. The Morgan fingerprint density at radius 2 is 2.11 bits per heavy atom. The maximum atomic E-state index is 12.0. The normalized spacial score (nSPS) is 11.0. The Kier molecular flexibility index (Phi) is 3.17. The third-order valence-electron chi connectivity index (χ3n) is 3.20. The van der Waals surface area contributed by atoms with Crippen LogP contribution in [0.2, 0.25) is 0 Å². The second kappa shape index (κ2) is 4.97. The van der Waals surface area contributed by atoms with Crippen LogP contribution in [-0.2, 0) is 6.54 Å². The van der Waals surface area contributed by atoms with Crippen molar-refractivity contribution in [1.29, 1.82) is 0 Å². The topological polar surface area (TPSA) is 34.9 Å². The molecule has 2 aromatic heterocycles. The first-order chi connectivity index (χ1) is 9.25. The molecule has 0 bridgehead atoms. The van der Waals surface area contributed by atoms with Gasteiger partial charge in [0.25, 0.3) is 0 Å². The highest BCUT2D eigenvalue weighted by Gasteiger charge is 2.10. The zero-order valence-electron chi connectivity index (χ0n) is 10.7. The molecule has 0 aliphatic rings. The Morgan fingerprint density at radius 3 is 2.89 bits per heavy atom. The molecule has 96 valence electrons. The summed E-state index contributed by atoms with van der Waals surface area (Å²) in [6.45, 7) is 2.67. The molecule has 0 unspecified atom stereocenters. The van der Waals surface area contributed by atoms with Crippen LogP contribution < -0.4 is 0 Å². The summed E-state index contributed by atoms with van der Waals surface area (Å²) in [5, 5.41) is 1.94. The van der Waals surface area contributed by atoms with Gasteiger partial charge in [0.05, 0.1) is 15.9 Å². The molecule has 0 saturated carbocycles. The smallest absolute Gasteiger partial charge is 0.174 e. The lowest BCUT2D eigenvalue weighted by Gasteiger charge is -2.05. The van der Waals surface area contributed by atoms with E-state index in [4.69, 9.17) is 0 Å². The van der Waals surface area contributed by atoms with E-state index in [1.54, 1.807) is 0 Å². The van der Waals surface area contributed by atoms with E-state index in [1.165, 1.54) is 11.3 Å². The molecule has 0 N–H and O–H groups in total. The number of benzene rings is 1. The number of hydrogen-bond donors (Lipinski definition) is 0. The number of nitrogens with zero attached hydrogens (tertiary/aromatic N) is 2. The molecular weight excluding hydrogens is 256 g/mol.